The van der Waals surface area contributed by atoms with Crippen LogP contribution in [0.2, 0.25) is 10.0 Å². The maximum Gasteiger partial charge on any atom is 0.0642 e. The predicted molar refractivity (Wildman–Crippen MR) is 92.5 cm³/mol. The summed E-state index contributed by atoms with van der Waals surface area (Å²) < 4.78 is 0. The largest absolute Gasteiger partial charge is 0.366 e. The number of para-hydroxylation sites is 1. The van der Waals surface area contributed by atoms with E-state index in [-0.39, 0.29) is 6.04 Å². The molecule has 0 aromatic heterocycles. The fourth-order valence-electron chi connectivity index (χ4n) is 2.53. The Morgan fingerprint density at radius 3 is 2.38 bits per heavy atom. The molecule has 2 N–H and O–H groups in total. The molecule has 4 heteroatoms. The zero-order valence-electron chi connectivity index (χ0n) is 12.3. The minimum atomic E-state index is 0.120. The molecule has 2 nitrogen and oxygen atoms in total. The highest BCUT2D eigenvalue weighted by atomic mass is 35.5. The fraction of sp³-hybridized carbons (Fsp3) is 0.294. The second-order valence-corrected chi connectivity index (χ2v) is 5.91. The van der Waals surface area contributed by atoms with Crippen LogP contribution < -0.4 is 10.6 Å². The number of nitrogens with two attached hydrogens (primary N) is 1. The average Bonchev–Trinajstić information content (AvgIpc) is 2.47. The summed E-state index contributed by atoms with van der Waals surface area (Å²) in [4.78, 5) is 2.16. The molecule has 0 aliphatic heterocycles. The molecule has 21 heavy (non-hydrogen) atoms. The molecule has 0 bridgehead atoms. The Morgan fingerprint density at radius 2 is 1.71 bits per heavy atom. The van der Waals surface area contributed by atoms with Crippen molar-refractivity contribution in [3.05, 3.63) is 63.6 Å². The monoisotopic (exact) mass is 322 g/mol. The minimum absolute atomic E-state index is 0.120. The van der Waals surface area contributed by atoms with Crippen molar-refractivity contribution in [1.29, 1.82) is 0 Å². The lowest BCUT2D eigenvalue weighted by molar-refractivity contribution is 0.734. The molecule has 1 atom stereocenters. The van der Waals surface area contributed by atoms with Crippen LogP contribution in [-0.2, 0) is 6.42 Å². The summed E-state index contributed by atoms with van der Waals surface area (Å²) in [5.74, 6) is 0. The van der Waals surface area contributed by atoms with Gasteiger partial charge in [0.15, 0.2) is 0 Å². The number of rotatable bonds is 5. The normalized spacial score (nSPS) is 12.2. The smallest absolute Gasteiger partial charge is 0.0642 e. The summed E-state index contributed by atoms with van der Waals surface area (Å²) >= 11 is 12.7. The summed E-state index contributed by atoms with van der Waals surface area (Å²) in [5.41, 5.74) is 8.98. The topological polar surface area (TPSA) is 29.3 Å². The molecule has 0 saturated carbocycles. The van der Waals surface area contributed by atoms with Gasteiger partial charge in [0.05, 0.1) is 16.8 Å². The standard InChI is InChI=1S/C17H20Cl2N2/c1-12(14-7-3-4-8-15(14)18)21(2)17-13(10-11-20)6-5-9-16(17)19/h3-9,12H,10-11,20H2,1-2H3. The fourth-order valence-corrected chi connectivity index (χ4v) is 3.15. The Kier molecular flexibility index (Phi) is 5.51. The first-order valence-corrected chi connectivity index (χ1v) is 7.76. The van der Waals surface area contributed by atoms with E-state index in [9.17, 15) is 0 Å². The molecule has 0 spiro atoms. The van der Waals surface area contributed by atoms with Crippen molar-refractivity contribution in [2.45, 2.75) is 19.4 Å². The van der Waals surface area contributed by atoms with Crippen LogP contribution in [0.5, 0.6) is 0 Å². The first-order chi connectivity index (χ1) is 10.1. The van der Waals surface area contributed by atoms with Gasteiger partial charge in [0.1, 0.15) is 0 Å². The quantitative estimate of drug-likeness (QED) is 0.865. The summed E-state index contributed by atoms with van der Waals surface area (Å²) in [6, 6.07) is 14.0. The molecule has 0 saturated heterocycles. The Bertz CT molecular complexity index is 613. The zero-order chi connectivity index (χ0) is 15.4. The third-order valence-electron chi connectivity index (χ3n) is 3.77. The third-order valence-corrected chi connectivity index (χ3v) is 4.42. The van der Waals surface area contributed by atoms with E-state index >= 15 is 0 Å². The highest BCUT2D eigenvalue weighted by molar-refractivity contribution is 6.33. The molecule has 0 radical (unpaired) electrons. The molecule has 112 valence electrons. The van der Waals surface area contributed by atoms with Crippen molar-refractivity contribution < 1.29 is 0 Å². The number of nitrogens with zero attached hydrogens (tertiary/aromatic N) is 1. The second-order valence-electron chi connectivity index (χ2n) is 5.09. The first kappa shape index (κ1) is 16.2. The van der Waals surface area contributed by atoms with Crippen LogP contribution in [-0.4, -0.2) is 13.6 Å². The molecule has 2 aromatic rings. The molecule has 0 aliphatic carbocycles. The summed E-state index contributed by atoms with van der Waals surface area (Å²) in [5, 5.41) is 1.51. The Hall–Kier alpha value is -1.22. The second kappa shape index (κ2) is 7.17. The number of hydrogen-bond donors (Lipinski definition) is 1. The molecule has 2 rings (SSSR count). The van der Waals surface area contributed by atoms with Gasteiger partial charge < -0.3 is 10.6 Å². The number of benzene rings is 2. The minimum Gasteiger partial charge on any atom is -0.366 e. The molecular weight excluding hydrogens is 303 g/mol. The number of halogens is 2. The van der Waals surface area contributed by atoms with Crippen molar-refractivity contribution in [2.75, 3.05) is 18.5 Å². The van der Waals surface area contributed by atoms with Gasteiger partial charge in [-0.3, -0.25) is 0 Å². The summed E-state index contributed by atoms with van der Waals surface area (Å²) in [7, 11) is 2.04. The zero-order valence-corrected chi connectivity index (χ0v) is 13.8. The highest BCUT2D eigenvalue weighted by Gasteiger charge is 2.19. The lowest BCUT2D eigenvalue weighted by atomic mass is 10.0. The van der Waals surface area contributed by atoms with E-state index in [1.807, 2.05) is 43.4 Å². The van der Waals surface area contributed by atoms with Crippen molar-refractivity contribution in [3.8, 4) is 0 Å². The summed E-state index contributed by atoms with van der Waals surface area (Å²) in [6.07, 6.45) is 0.801. The molecule has 0 heterocycles. The van der Waals surface area contributed by atoms with Gasteiger partial charge in [-0.15, -0.1) is 0 Å². The van der Waals surface area contributed by atoms with Gasteiger partial charge in [-0.25, -0.2) is 0 Å². The van der Waals surface area contributed by atoms with Crippen LogP contribution in [0.1, 0.15) is 24.1 Å². The van der Waals surface area contributed by atoms with Gasteiger partial charge in [-0.1, -0.05) is 53.5 Å². The van der Waals surface area contributed by atoms with Crippen molar-refractivity contribution in [3.63, 3.8) is 0 Å². The molecular formula is C17H20Cl2N2. The van der Waals surface area contributed by atoms with E-state index < -0.39 is 0 Å². The SMILES string of the molecule is CC(c1ccccc1Cl)N(C)c1c(Cl)cccc1CCN. The third kappa shape index (κ3) is 3.52. The van der Waals surface area contributed by atoms with E-state index in [0.29, 0.717) is 6.54 Å². The molecule has 2 aromatic carbocycles. The number of hydrogen-bond acceptors (Lipinski definition) is 2. The Labute approximate surface area is 136 Å². The van der Waals surface area contributed by atoms with Crippen LogP contribution in [0.3, 0.4) is 0 Å². The summed E-state index contributed by atoms with van der Waals surface area (Å²) in [6.45, 7) is 2.72. The maximum atomic E-state index is 6.42. The van der Waals surface area contributed by atoms with E-state index in [1.54, 1.807) is 0 Å². The first-order valence-electron chi connectivity index (χ1n) is 7.01. The van der Waals surface area contributed by atoms with Crippen LogP contribution in [0.25, 0.3) is 0 Å². The van der Waals surface area contributed by atoms with Crippen LogP contribution in [0, 0.1) is 0 Å². The van der Waals surface area contributed by atoms with Crippen molar-refractivity contribution in [2.24, 2.45) is 5.73 Å². The van der Waals surface area contributed by atoms with E-state index in [0.717, 1.165) is 33.3 Å². The van der Waals surface area contributed by atoms with Crippen LogP contribution in [0.4, 0.5) is 5.69 Å². The molecule has 0 aliphatic rings. The molecule has 0 amide bonds. The van der Waals surface area contributed by atoms with Gasteiger partial charge >= 0.3 is 0 Å². The van der Waals surface area contributed by atoms with Crippen molar-refractivity contribution in [1.82, 2.24) is 0 Å². The van der Waals surface area contributed by atoms with Gasteiger partial charge in [-0.2, -0.15) is 0 Å². The Balaban J connectivity index is 2.40. The highest BCUT2D eigenvalue weighted by Crippen LogP contribution is 2.36. The predicted octanol–water partition coefficient (Wildman–Crippen LogP) is 4.69. The van der Waals surface area contributed by atoms with Gasteiger partial charge in [-0.05, 0) is 43.1 Å². The Morgan fingerprint density at radius 1 is 1.05 bits per heavy atom. The van der Waals surface area contributed by atoms with Crippen LogP contribution >= 0.6 is 23.2 Å². The lowest BCUT2D eigenvalue weighted by Gasteiger charge is -2.30. The van der Waals surface area contributed by atoms with E-state index in [4.69, 9.17) is 28.9 Å². The van der Waals surface area contributed by atoms with E-state index in [2.05, 4.69) is 17.9 Å². The van der Waals surface area contributed by atoms with Crippen molar-refractivity contribution >= 4 is 28.9 Å². The van der Waals surface area contributed by atoms with Crippen LogP contribution in [0.15, 0.2) is 42.5 Å². The number of anilines is 1. The maximum absolute atomic E-state index is 6.42. The van der Waals surface area contributed by atoms with E-state index in [1.165, 1.54) is 0 Å². The molecule has 0 fully saturated rings. The van der Waals surface area contributed by atoms with Gasteiger partial charge in [0.2, 0.25) is 0 Å². The van der Waals surface area contributed by atoms with Gasteiger partial charge in [0, 0.05) is 12.1 Å². The van der Waals surface area contributed by atoms with Gasteiger partial charge in [0.25, 0.3) is 0 Å². The molecule has 1 unspecified atom stereocenters. The average molecular weight is 323 g/mol. The lowest BCUT2D eigenvalue weighted by Crippen LogP contribution is -2.24.